The van der Waals surface area contributed by atoms with Crippen LogP contribution in [0.4, 0.5) is 11.6 Å². The molecule has 9 nitrogen and oxygen atoms in total. The van der Waals surface area contributed by atoms with E-state index in [0.29, 0.717) is 5.69 Å². The molecular weight excluding hydrogens is 290 g/mol. The third-order valence-corrected chi connectivity index (χ3v) is 3.09. The standard InChI is InChI=1S/C13H11N5O4/c19-9-6-8(11(20)14-7-4-2-1-3-5-7)18-13(15-9)16-10(17-18)12(21)22/h1-5,8H,6H2,(H,14,20)(H,21,22)(H,15,16,17,19). The molecule has 3 N–H and O–H groups in total. The Hall–Kier alpha value is -3.23. The number of nitrogens with one attached hydrogen (secondary N) is 2. The zero-order chi connectivity index (χ0) is 15.7. The van der Waals surface area contributed by atoms with Gasteiger partial charge >= 0.3 is 5.97 Å². The molecule has 2 aromatic rings. The molecule has 2 amide bonds. The van der Waals surface area contributed by atoms with E-state index in [1.807, 2.05) is 0 Å². The lowest BCUT2D eigenvalue weighted by Crippen LogP contribution is -2.36. The van der Waals surface area contributed by atoms with Crippen molar-refractivity contribution < 1.29 is 19.5 Å². The van der Waals surface area contributed by atoms with Crippen molar-refractivity contribution in [2.75, 3.05) is 10.6 Å². The number of benzene rings is 1. The number of amides is 2. The maximum atomic E-state index is 12.3. The highest BCUT2D eigenvalue weighted by atomic mass is 16.4. The molecule has 1 aliphatic heterocycles. The fourth-order valence-corrected chi connectivity index (χ4v) is 2.11. The van der Waals surface area contributed by atoms with Gasteiger partial charge in [0, 0.05) is 5.69 Å². The van der Waals surface area contributed by atoms with Crippen molar-refractivity contribution in [1.29, 1.82) is 0 Å². The van der Waals surface area contributed by atoms with Crippen molar-refractivity contribution in [3.63, 3.8) is 0 Å². The first kappa shape index (κ1) is 13.7. The molecular formula is C13H11N5O4. The van der Waals surface area contributed by atoms with Gasteiger partial charge in [0.05, 0.1) is 6.42 Å². The Morgan fingerprint density at radius 2 is 2.05 bits per heavy atom. The summed E-state index contributed by atoms with van der Waals surface area (Å²) in [5.74, 6) is -2.76. The van der Waals surface area contributed by atoms with Gasteiger partial charge in [0.15, 0.2) is 0 Å². The Morgan fingerprint density at radius 1 is 1.32 bits per heavy atom. The van der Waals surface area contributed by atoms with Gasteiger partial charge in [-0.15, -0.1) is 5.10 Å². The number of fused-ring (bicyclic) bond motifs is 1. The van der Waals surface area contributed by atoms with Gasteiger partial charge in [-0.1, -0.05) is 18.2 Å². The van der Waals surface area contributed by atoms with Crippen LogP contribution in [0.2, 0.25) is 0 Å². The first-order chi connectivity index (χ1) is 10.5. The van der Waals surface area contributed by atoms with Gasteiger partial charge in [-0.3, -0.25) is 14.9 Å². The van der Waals surface area contributed by atoms with Gasteiger partial charge in [0.2, 0.25) is 17.8 Å². The average molecular weight is 301 g/mol. The number of nitrogens with zero attached hydrogens (tertiary/aromatic N) is 3. The van der Waals surface area contributed by atoms with E-state index in [1.54, 1.807) is 30.3 Å². The SMILES string of the molecule is O=C1CC(C(=O)Nc2ccccc2)n2nc(C(=O)O)nc2N1. The summed E-state index contributed by atoms with van der Waals surface area (Å²) in [4.78, 5) is 38.6. The van der Waals surface area contributed by atoms with E-state index in [0.717, 1.165) is 4.68 Å². The lowest BCUT2D eigenvalue weighted by atomic mass is 10.1. The molecule has 0 aliphatic carbocycles. The second kappa shape index (κ2) is 5.28. The molecule has 1 aromatic heterocycles. The number of hydrogen-bond acceptors (Lipinski definition) is 5. The zero-order valence-electron chi connectivity index (χ0n) is 11.2. The molecule has 0 saturated heterocycles. The number of rotatable bonds is 3. The minimum absolute atomic E-state index is 0.0538. The number of para-hydroxylation sites is 1. The summed E-state index contributed by atoms with van der Waals surface area (Å²) in [6.07, 6.45) is -0.145. The molecule has 1 atom stereocenters. The minimum Gasteiger partial charge on any atom is -0.475 e. The zero-order valence-corrected chi connectivity index (χ0v) is 11.2. The van der Waals surface area contributed by atoms with Crippen molar-refractivity contribution in [3.05, 3.63) is 36.2 Å². The number of carbonyl (C=O) groups is 3. The number of carboxylic acid groups (broad SMARTS) is 1. The maximum Gasteiger partial charge on any atom is 0.375 e. The number of carbonyl (C=O) groups excluding carboxylic acids is 2. The highest BCUT2D eigenvalue weighted by molar-refractivity contribution is 6.01. The van der Waals surface area contributed by atoms with E-state index in [2.05, 4.69) is 20.7 Å². The molecule has 0 bridgehead atoms. The van der Waals surface area contributed by atoms with Gasteiger partial charge in [-0.2, -0.15) is 4.98 Å². The summed E-state index contributed by atoms with van der Waals surface area (Å²) in [5.41, 5.74) is 0.568. The monoisotopic (exact) mass is 301 g/mol. The minimum atomic E-state index is -1.33. The van der Waals surface area contributed by atoms with Gasteiger partial charge in [0.25, 0.3) is 5.82 Å². The Bertz CT molecular complexity index is 755. The Morgan fingerprint density at radius 3 is 2.73 bits per heavy atom. The Balaban J connectivity index is 1.89. The fourth-order valence-electron chi connectivity index (χ4n) is 2.11. The summed E-state index contributed by atoms with van der Waals surface area (Å²) >= 11 is 0. The molecule has 0 saturated carbocycles. The van der Waals surface area contributed by atoms with Gasteiger partial charge in [-0.05, 0) is 12.1 Å². The number of aromatic carboxylic acids is 1. The highest BCUT2D eigenvalue weighted by Gasteiger charge is 2.34. The van der Waals surface area contributed by atoms with Crippen molar-refractivity contribution in [1.82, 2.24) is 14.8 Å². The molecule has 1 unspecified atom stereocenters. The molecule has 22 heavy (non-hydrogen) atoms. The third-order valence-electron chi connectivity index (χ3n) is 3.09. The van der Waals surface area contributed by atoms with Crippen LogP contribution in [-0.2, 0) is 9.59 Å². The van der Waals surface area contributed by atoms with Gasteiger partial charge in [-0.25, -0.2) is 9.48 Å². The number of anilines is 2. The highest BCUT2D eigenvalue weighted by Crippen LogP contribution is 2.24. The molecule has 1 aliphatic rings. The maximum absolute atomic E-state index is 12.3. The summed E-state index contributed by atoms with van der Waals surface area (Å²) in [6.45, 7) is 0. The second-order valence-electron chi connectivity index (χ2n) is 4.63. The summed E-state index contributed by atoms with van der Waals surface area (Å²) in [7, 11) is 0. The molecule has 3 rings (SSSR count). The van der Waals surface area contributed by atoms with Crippen LogP contribution >= 0.6 is 0 Å². The molecule has 0 spiro atoms. The van der Waals surface area contributed by atoms with E-state index < -0.39 is 29.6 Å². The molecule has 0 fully saturated rings. The van der Waals surface area contributed by atoms with Crippen LogP contribution in [0.25, 0.3) is 0 Å². The van der Waals surface area contributed by atoms with E-state index in [-0.39, 0.29) is 12.4 Å². The quantitative estimate of drug-likeness (QED) is 0.757. The average Bonchev–Trinajstić information content (AvgIpc) is 2.91. The number of hydrogen-bond donors (Lipinski definition) is 3. The van der Waals surface area contributed by atoms with Crippen molar-refractivity contribution in [3.8, 4) is 0 Å². The smallest absolute Gasteiger partial charge is 0.375 e. The van der Waals surface area contributed by atoms with E-state index in [4.69, 9.17) is 5.11 Å². The van der Waals surface area contributed by atoms with E-state index in [9.17, 15) is 14.4 Å². The van der Waals surface area contributed by atoms with Gasteiger partial charge in [0.1, 0.15) is 6.04 Å². The second-order valence-corrected chi connectivity index (χ2v) is 4.63. The molecule has 112 valence electrons. The molecule has 0 radical (unpaired) electrons. The van der Waals surface area contributed by atoms with Crippen molar-refractivity contribution >= 4 is 29.4 Å². The third kappa shape index (κ3) is 2.51. The summed E-state index contributed by atoms with van der Waals surface area (Å²) in [6, 6.07) is 7.76. The van der Waals surface area contributed by atoms with Crippen LogP contribution in [0.1, 0.15) is 23.1 Å². The molecule has 1 aromatic carbocycles. The normalized spacial score (nSPS) is 16.5. The van der Waals surface area contributed by atoms with Crippen LogP contribution in [-0.4, -0.2) is 37.7 Å². The van der Waals surface area contributed by atoms with Gasteiger partial charge < -0.3 is 10.4 Å². The van der Waals surface area contributed by atoms with Crippen molar-refractivity contribution in [2.24, 2.45) is 0 Å². The molecule has 9 heteroatoms. The number of carboxylic acids is 1. The lowest BCUT2D eigenvalue weighted by Gasteiger charge is -2.22. The Labute approximate surface area is 124 Å². The van der Waals surface area contributed by atoms with Crippen LogP contribution in [0.15, 0.2) is 30.3 Å². The predicted molar refractivity (Wildman–Crippen MR) is 74.3 cm³/mol. The predicted octanol–water partition coefficient (Wildman–Crippen LogP) is 0.498. The fraction of sp³-hybridized carbons (Fsp3) is 0.154. The van der Waals surface area contributed by atoms with E-state index in [1.165, 1.54) is 0 Å². The Kier molecular flexibility index (Phi) is 3.30. The van der Waals surface area contributed by atoms with Crippen LogP contribution in [0, 0.1) is 0 Å². The van der Waals surface area contributed by atoms with Crippen LogP contribution in [0.5, 0.6) is 0 Å². The van der Waals surface area contributed by atoms with Crippen LogP contribution < -0.4 is 10.6 Å². The topological polar surface area (TPSA) is 126 Å². The first-order valence-corrected chi connectivity index (χ1v) is 6.40. The first-order valence-electron chi connectivity index (χ1n) is 6.40. The van der Waals surface area contributed by atoms with Crippen LogP contribution in [0.3, 0.4) is 0 Å². The summed E-state index contributed by atoms with van der Waals surface area (Å²) in [5, 5.41) is 17.7. The summed E-state index contributed by atoms with van der Waals surface area (Å²) < 4.78 is 1.11. The van der Waals surface area contributed by atoms with Crippen molar-refractivity contribution in [2.45, 2.75) is 12.5 Å². The van der Waals surface area contributed by atoms with E-state index >= 15 is 0 Å². The number of aromatic nitrogens is 3. The lowest BCUT2D eigenvalue weighted by molar-refractivity contribution is -0.125. The largest absolute Gasteiger partial charge is 0.475 e. The molecule has 2 heterocycles.